The molecule has 0 aliphatic rings. The van der Waals surface area contributed by atoms with Crippen LogP contribution in [0.3, 0.4) is 0 Å². The minimum absolute atomic E-state index is 0. The van der Waals surface area contributed by atoms with Gasteiger partial charge in [-0.05, 0) is 31.0 Å². The zero-order valence-corrected chi connectivity index (χ0v) is 9.72. The fraction of sp³-hybridized carbons (Fsp3) is 0.167. The Bertz CT molecular complexity index is 306. The summed E-state index contributed by atoms with van der Waals surface area (Å²) >= 11 is 0. The summed E-state index contributed by atoms with van der Waals surface area (Å²) in [5.41, 5.74) is 4.57. The third-order valence-electron chi connectivity index (χ3n) is 1.85. The molecule has 0 heterocycles. The first-order valence-electron chi connectivity index (χ1n) is 4.03. The van der Waals surface area contributed by atoms with Gasteiger partial charge in [-0.15, -0.1) is 0 Å². The van der Waals surface area contributed by atoms with Gasteiger partial charge in [0.05, 0.1) is 0 Å². The second-order valence-corrected chi connectivity index (χ2v) is 3.14. The normalized spacial score (nSPS) is 8.14. The Kier molecular flexibility index (Phi) is 8.42. The van der Waals surface area contributed by atoms with Crippen LogP contribution in [0.1, 0.15) is 27.8 Å². The van der Waals surface area contributed by atoms with Crippen LogP contribution in [-0.2, 0) is 0 Å². The molecule has 1 rings (SSSR count). The van der Waals surface area contributed by atoms with E-state index in [1.54, 1.807) is 0 Å². The average Bonchev–Trinajstić information content (AvgIpc) is 2.04. The van der Waals surface area contributed by atoms with Gasteiger partial charge in [0.25, 0.3) is 0 Å². The molecule has 0 atom stereocenters. The second kappa shape index (κ2) is 7.22. The number of allylic oxidation sites excluding steroid dienone is 2. The molecule has 0 saturated heterocycles. The Hall–Kier alpha value is -0.105. The molecule has 0 aliphatic heterocycles. The Labute approximate surface area is 114 Å². The number of hydrogen-bond donors (Lipinski definition) is 0. The second-order valence-electron chi connectivity index (χ2n) is 3.14. The van der Waals surface area contributed by atoms with Crippen molar-refractivity contribution in [1.29, 1.82) is 0 Å². The third kappa shape index (κ3) is 4.41. The Morgan fingerprint density at radius 2 is 1.36 bits per heavy atom. The number of hydrogen-bond acceptors (Lipinski definition) is 0. The molecular weight excluding hydrogens is 158 g/mol. The van der Waals surface area contributed by atoms with E-state index >= 15 is 0 Å². The maximum absolute atomic E-state index is 3.90. The summed E-state index contributed by atoms with van der Waals surface area (Å²) < 4.78 is 0. The van der Waals surface area contributed by atoms with Crippen LogP contribution < -0.4 is 37.7 Å². The van der Waals surface area contributed by atoms with Gasteiger partial charge in [-0.2, -0.15) is 0 Å². The first-order chi connectivity index (χ1) is 5.61. The molecule has 0 amide bonds. The Morgan fingerprint density at radius 1 is 1.00 bits per heavy atom. The molecule has 0 N–H and O–H groups in total. The van der Waals surface area contributed by atoms with Gasteiger partial charge in [-0.3, -0.25) is 0 Å². The van der Waals surface area contributed by atoms with Crippen LogP contribution in [-0.4, -0.2) is 0 Å². The maximum atomic E-state index is 3.90. The molecule has 0 aromatic heterocycles. The first-order valence-corrected chi connectivity index (χ1v) is 4.03. The van der Waals surface area contributed by atoms with E-state index in [4.69, 9.17) is 0 Å². The van der Waals surface area contributed by atoms with Crippen molar-refractivity contribution < 1.29 is 40.6 Å². The van der Waals surface area contributed by atoms with Gasteiger partial charge in [0.1, 0.15) is 0 Å². The molecule has 1 aromatic rings. The molecule has 2 heteroatoms. The minimum Gasteiger partial charge on any atom is -1.00 e. The van der Waals surface area contributed by atoms with Crippen molar-refractivity contribution in [3.63, 3.8) is 0 Å². The van der Waals surface area contributed by atoms with Crippen LogP contribution in [0.25, 0.3) is 11.1 Å². The van der Waals surface area contributed by atoms with E-state index in [1.165, 1.54) is 11.1 Å². The Balaban J connectivity index is -0.000000180. The van der Waals surface area contributed by atoms with Crippen molar-refractivity contribution >= 4 is 11.1 Å². The van der Waals surface area contributed by atoms with Crippen molar-refractivity contribution in [2.75, 3.05) is 0 Å². The summed E-state index contributed by atoms with van der Waals surface area (Å²) in [6, 6.07) is 8.28. The van der Waals surface area contributed by atoms with Crippen LogP contribution in [0.5, 0.6) is 0 Å². The fourth-order valence-electron chi connectivity index (χ4n) is 1.05. The number of benzene rings is 1. The minimum atomic E-state index is 0. The van der Waals surface area contributed by atoms with Crippen molar-refractivity contribution in [2.24, 2.45) is 0 Å². The van der Waals surface area contributed by atoms with Gasteiger partial charge < -0.3 is 2.85 Å². The third-order valence-corrected chi connectivity index (χ3v) is 1.85. The molecule has 0 saturated carbocycles. The summed E-state index contributed by atoms with van der Waals surface area (Å²) in [7, 11) is 0. The van der Waals surface area contributed by atoms with E-state index in [1.807, 2.05) is 19.9 Å². The largest absolute Gasteiger partial charge is 1.00 e. The summed E-state index contributed by atoms with van der Waals surface area (Å²) in [6.07, 6.45) is 0. The molecule has 0 bridgehead atoms. The smallest absolute Gasteiger partial charge is 1.00 e. The first kappa shape index (κ1) is 16.3. The monoisotopic (exact) mass is 174 g/mol. The van der Waals surface area contributed by atoms with E-state index in [9.17, 15) is 0 Å². The molecule has 0 aliphatic carbocycles. The van der Waals surface area contributed by atoms with E-state index in [0.29, 0.717) is 0 Å². The number of rotatable bonds is 2. The van der Waals surface area contributed by atoms with E-state index in [-0.39, 0.29) is 40.6 Å². The van der Waals surface area contributed by atoms with Crippen LogP contribution in [0.4, 0.5) is 0 Å². The zero-order valence-electron chi connectivity index (χ0n) is 11.7. The predicted octanol–water partition coefficient (Wildman–Crippen LogP) is -2.01. The van der Waals surface area contributed by atoms with Gasteiger partial charge in [0.2, 0.25) is 0 Å². The average molecular weight is 174 g/mol. The molecule has 0 fully saturated rings. The topological polar surface area (TPSA) is 0 Å². The quantitative estimate of drug-likeness (QED) is 0.454. The van der Waals surface area contributed by atoms with Crippen LogP contribution in [0, 0.1) is 0 Å². The molecule has 14 heavy (non-hydrogen) atoms. The summed E-state index contributed by atoms with van der Waals surface area (Å²) in [4.78, 5) is 0. The van der Waals surface area contributed by atoms with E-state index in [0.717, 1.165) is 11.1 Å². The van der Waals surface area contributed by atoms with Crippen LogP contribution in [0.2, 0.25) is 0 Å². The zero-order chi connectivity index (χ0) is 9.14. The molecule has 0 nitrogen and oxygen atoms in total. The predicted molar refractivity (Wildman–Crippen MR) is 58.1 cm³/mol. The van der Waals surface area contributed by atoms with Crippen LogP contribution in [0.15, 0.2) is 37.4 Å². The van der Waals surface area contributed by atoms with Gasteiger partial charge >= 0.3 is 37.7 Å². The Morgan fingerprint density at radius 3 is 1.64 bits per heavy atom. The summed E-state index contributed by atoms with van der Waals surface area (Å²) in [5, 5.41) is 0. The fourth-order valence-corrected chi connectivity index (χ4v) is 1.05. The molecule has 66 valence electrons. The SMILES string of the molecule is C=C(C)c1cccc(C(=C)C)c1.[H-].[H-].[Li+].[Li+]. The summed E-state index contributed by atoms with van der Waals surface area (Å²) in [6.45, 7) is 11.8. The standard InChI is InChI=1S/C12H14.2Li.2H/c1-9(2)11-6-5-7-12(8-11)10(3)4;;;;/h5-8H,1,3H2,2,4H3;;;;/q;2*+1;2*-1. The molecule has 0 spiro atoms. The van der Waals surface area contributed by atoms with Gasteiger partial charge in [-0.1, -0.05) is 42.5 Å². The molecule has 0 unspecified atom stereocenters. The van der Waals surface area contributed by atoms with E-state index < -0.39 is 0 Å². The molecule has 1 aromatic carbocycles. The molecular formula is C12H16Li2. The summed E-state index contributed by atoms with van der Waals surface area (Å²) in [5.74, 6) is 0. The maximum Gasteiger partial charge on any atom is 1.00 e. The van der Waals surface area contributed by atoms with Crippen molar-refractivity contribution in [2.45, 2.75) is 13.8 Å². The van der Waals surface area contributed by atoms with Crippen molar-refractivity contribution in [3.05, 3.63) is 48.6 Å². The van der Waals surface area contributed by atoms with E-state index in [2.05, 4.69) is 31.4 Å². The van der Waals surface area contributed by atoms with Crippen molar-refractivity contribution in [3.8, 4) is 0 Å². The molecule has 0 radical (unpaired) electrons. The van der Waals surface area contributed by atoms with Crippen LogP contribution >= 0.6 is 0 Å². The van der Waals surface area contributed by atoms with Gasteiger partial charge in [0, 0.05) is 0 Å². The van der Waals surface area contributed by atoms with Gasteiger partial charge in [0.15, 0.2) is 0 Å². The van der Waals surface area contributed by atoms with Crippen molar-refractivity contribution in [1.82, 2.24) is 0 Å². The van der Waals surface area contributed by atoms with Gasteiger partial charge in [-0.25, -0.2) is 0 Å².